The summed E-state index contributed by atoms with van der Waals surface area (Å²) >= 11 is 0. The third-order valence-corrected chi connectivity index (χ3v) is 3.11. The minimum Gasteiger partial charge on any atom is -0.505 e. The monoisotopic (exact) mass is 306 g/mol. The van der Waals surface area contributed by atoms with Crippen molar-refractivity contribution in [2.75, 3.05) is 0 Å². The first-order chi connectivity index (χ1) is 9.78. The Labute approximate surface area is 114 Å². The van der Waals surface area contributed by atoms with Gasteiger partial charge in [0.25, 0.3) is 0 Å². The molecule has 3 rings (SSSR count). The highest BCUT2D eigenvalue weighted by Crippen LogP contribution is 2.42. The van der Waals surface area contributed by atoms with Gasteiger partial charge in [-0.25, -0.2) is 4.39 Å². The lowest BCUT2D eigenvalue weighted by Crippen LogP contribution is -2.27. The van der Waals surface area contributed by atoms with Gasteiger partial charge in [0.2, 0.25) is 5.82 Å². The number of fused-ring (bicyclic) bond motifs is 3. The molecule has 1 aromatic heterocycles. The maximum Gasteiger partial charge on any atom is 0.523 e. The maximum absolute atomic E-state index is 14.1. The van der Waals surface area contributed by atoms with Crippen LogP contribution in [-0.4, -0.2) is 17.6 Å². The van der Waals surface area contributed by atoms with Crippen molar-refractivity contribution < 1.29 is 36.2 Å². The topological polar surface area (TPSA) is 42.6 Å². The molecule has 1 aliphatic rings. The summed E-state index contributed by atoms with van der Waals surface area (Å²) < 4.78 is 72.8. The van der Waals surface area contributed by atoms with Crippen molar-refractivity contribution in [1.82, 2.24) is 0 Å². The molecule has 2 unspecified atom stereocenters. The first kappa shape index (κ1) is 13.9. The number of benzene rings is 1. The van der Waals surface area contributed by atoms with Gasteiger partial charge in [0, 0.05) is 10.9 Å². The fourth-order valence-corrected chi connectivity index (χ4v) is 2.22. The molecule has 8 heteroatoms. The molecule has 2 aromatic rings. The smallest absolute Gasteiger partial charge is 0.505 e. The zero-order valence-corrected chi connectivity index (χ0v) is 10.1. The molecule has 1 aliphatic carbocycles. The Morgan fingerprint density at radius 2 is 1.95 bits per heavy atom. The predicted molar refractivity (Wildman–Crippen MR) is 61.6 cm³/mol. The number of halogens is 5. The summed E-state index contributed by atoms with van der Waals surface area (Å²) in [4.78, 5) is 0. The number of ether oxygens (including phenoxy) is 1. The van der Waals surface area contributed by atoms with Crippen LogP contribution in [-0.2, 0) is 4.74 Å². The standard InChI is InChI=1S/C13H7F5O3/c14-9-7(19)3-1-5-6-2-4-8(21-13(16,17)18)10(15)12(6)20-11(5)9/h1-4,8,10,19H. The second-order valence-corrected chi connectivity index (χ2v) is 4.44. The molecule has 0 amide bonds. The molecule has 1 N–H and O–H groups in total. The molecule has 1 heterocycles. The lowest BCUT2D eigenvalue weighted by atomic mass is 9.99. The van der Waals surface area contributed by atoms with E-state index < -0.39 is 41.5 Å². The Morgan fingerprint density at radius 1 is 1.24 bits per heavy atom. The quantitative estimate of drug-likeness (QED) is 0.802. The Bertz CT molecular complexity index is 731. The van der Waals surface area contributed by atoms with E-state index in [9.17, 15) is 27.1 Å². The van der Waals surface area contributed by atoms with Crippen LogP contribution >= 0.6 is 0 Å². The Morgan fingerprint density at radius 3 is 2.62 bits per heavy atom. The van der Waals surface area contributed by atoms with Crippen LogP contribution < -0.4 is 0 Å². The largest absolute Gasteiger partial charge is 0.523 e. The molecule has 0 saturated carbocycles. The average molecular weight is 306 g/mol. The molecule has 2 atom stereocenters. The van der Waals surface area contributed by atoms with Crippen molar-refractivity contribution >= 4 is 17.0 Å². The Kier molecular flexibility index (Phi) is 2.94. The second kappa shape index (κ2) is 4.45. The summed E-state index contributed by atoms with van der Waals surface area (Å²) in [6, 6.07) is 2.34. The zero-order valence-electron chi connectivity index (χ0n) is 10.1. The molecule has 3 nitrogen and oxygen atoms in total. The van der Waals surface area contributed by atoms with Crippen molar-refractivity contribution in [2.24, 2.45) is 0 Å². The summed E-state index contributed by atoms with van der Waals surface area (Å²) in [5.41, 5.74) is -0.293. The number of phenols is 1. The van der Waals surface area contributed by atoms with E-state index in [1.807, 2.05) is 0 Å². The van der Waals surface area contributed by atoms with Gasteiger partial charge in [0.05, 0.1) is 0 Å². The minimum absolute atomic E-state index is 0.124. The fourth-order valence-electron chi connectivity index (χ4n) is 2.22. The van der Waals surface area contributed by atoms with Crippen molar-refractivity contribution in [1.29, 1.82) is 0 Å². The SMILES string of the molecule is Oc1ccc2c3c(oc2c1F)C(F)C(OC(F)(F)F)C=C3. The number of aromatic hydroxyl groups is 1. The number of alkyl halides is 4. The van der Waals surface area contributed by atoms with Crippen LogP contribution in [0.2, 0.25) is 0 Å². The lowest BCUT2D eigenvalue weighted by Gasteiger charge is -2.21. The molecule has 0 saturated heterocycles. The molecule has 0 fully saturated rings. The summed E-state index contributed by atoms with van der Waals surface area (Å²) in [5, 5.41) is 9.39. The van der Waals surface area contributed by atoms with Gasteiger partial charge >= 0.3 is 6.36 Å². The van der Waals surface area contributed by atoms with E-state index in [0.29, 0.717) is 0 Å². The third-order valence-electron chi connectivity index (χ3n) is 3.11. The Balaban J connectivity index is 2.08. The highest BCUT2D eigenvalue weighted by atomic mass is 19.4. The normalized spacial score (nSPS) is 21.8. The van der Waals surface area contributed by atoms with Crippen molar-refractivity contribution in [3.63, 3.8) is 0 Å². The third kappa shape index (κ3) is 2.25. The summed E-state index contributed by atoms with van der Waals surface area (Å²) in [6.45, 7) is 0. The molecule has 1 aromatic carbocycles. The highest BCUT2D eigenvalue weighted by Gasteiger charge is 2.40. The number of hydrogen-bond donors (Lipinski definition) is 1. The van der Waals surface area contributed by atoms with E-state index in [1.54, 1.807) is 0 Å². The van der Waals surface area contributed by atoms with Crippen LogP contribution in [0.15, 0.2) is 22.6 Å². The van der Waals surface area contributed by atoms with E-state index in [2.05, 4.69) is 4.74 Å². The van der Waals surface area contributed by atoms with Crippen LogP contribution in [0.4, 0.5) is 22.0 Å². The minimum atomic E-state index is -5.01. The number of furan rings is 1. The molecular formula is C13H7F5O3. The van der Waals surface area contributed by atoms with Crippen molar-refractivity contribution in [2.45, 2.75) is 18.6 Å². The van der Waals surface area contributed by atoms with E-state index in [1.165, 1.54) is 12.1 Å². The predicted octanol–water partition coefficient (Wildman–Crippen LogP) is 4.22. The zero-order chi connectivity index (χ0) is 15.4. The molecule has 0 aliphatic heterocycles. The molecule has 21 heavy (non-hydrogen) atoms. The Hall–Kier alpha value is -2.09. The lowest BCUT2D eigenvalue weighted by molar-refractivity contribution is -0.342. The van der Waals surface area contributed by atoms with E-state index in [-0.39, 0.29) is 10.9 Å². The van der Waals surface area contributed by atoms with Crippen molar-refractivity contribution in [3.05, 3.63) is 35.3 Å². The first-order valence-electron chi connectivity index (χ1n) is 5.78. The van der Waals surface area contributed by atoms with Gasteiger partial charge in [0.1, 0.15) is 11.9 Å². The van der Waals surface area contributed by atoms with Crippen LogP contribution in [0.1, 0.15) is 17.5 Å². The molecule has 112 valence electrons. The number of phenolic OH excluding ortho intramolecular Hbond substituents is 1. The molecule has 0 bridgehead atoms. The van der Waals surface area contributed by atoms with E-state index >= 15 is 0 Å². The molecule has 0 spiro atoms. The van der Waals surface area contributed by atoms with Crippen LogP contribution in [0.5, 0.6) is 5.75 Å². The number of hydrogen-bond acceptors (Lipinski definition) is 3. The van der Waals surface area contributed by atoms with Gasteiger partial charge in [-0.15, -0.1) is 13.2 Å². The van der Waals surface area contributed by atoms with Gasteiger partial charge in [-0.3, -0.25) is 4.74 Å². The van der Waals surface area contributed by atoms with Gasteiger partial charge in [0.15, 0.2) is 17.5 Å². The number of rotatable bonds is 1. The molecule has 0 radical (unpaired) electrons. The maximum atomic E-state index is 14.1. The van der Waals surface area contributed by atoms with Gasteiger partial charge in [-0.1, -0.05) is 12.2 Å². The van der Waals surface area contributed by atoms with Gasteiger partial charge in [-0.2, -0.15) is 4.39 Å². The second-order valence-electron chi connectivity index (χ2n) is 4.44. The van der Waals surface area contributed by atoms with Crippen LogP contribution in [0, 0.1) is 5.82 Å². The van der Waals surface area contributed by atoms with Gasteiger partial charge < -0.3 is 9.52 Å². The summed E-state index contributed by atoms with van der Waals surface area (Å²) in [6.07, 6.45) is -7.09. The summed E-state index contributed by atoms with van der Waals surface area (Å²) in [7, 11) is 0. The molecular weight excluding hydrogens is 299 g/mol. The summed E-state index contributed by atoms with van der Waals surface area (Å²) in [5.74, 6) is -2.27. The highest BCUT2D eigenvalue weighted by molar-refractivity contribution is 5.90. The van der Waals surface area contributed by atoms with Crippen molar-refractivity contribution in [3.8, 4) is 5.75 Å². The van der Waals surface area contributed by atoms with Crippen LogP contribution in [0.3, 0.4) is 0 Å². The first-order valence-corrected chi connectivity index (χ1v) is 5.78. The van der Waals surface area contributed by atoms with E-state index in [4.69, 9.17) is 4.42 Å². The van der Waals surface area contributed by atoms with Gasteiger partial charge in [-0.05, 0) is 12.1 Å². The van der Waals surface area contributed by atoms with E-state index in [0.717, 1.165) is 12.1 Å². The van der Waals surface area contributed by atoms with Crippen LogP contribution in [0.25, 0.3) is 17.0 Å². The fraction of sp³-hybridized carbons (Fsp3) is 0.231. The average Bonchev–Trinajstić information content (AvgIpc) is 2.76.